The maximum Gasteiger partial charge on any atom is 0.417 e. The summed E-state index contributed by atoms with van der Waals surface area (Å²) in [6.45, 7) is 0. The van der Waals surface area contributed by atoms with Crippen LogP contribution in [0.15, 0.2) is 72.8 Å². The second-order valence-electron chi connectivity index (χ2n) is 9.07. The lowest BCUT2D eigenvalue weighted by Crippen LogP contribution is -2.51. The molecule has 1 aliphatic carbocycles. The fraction of sp³-hybridized carbons (Fsp3) is 0.185. The van der Waals surface area contributed by atoms with Crippen LogP contribution in [0.25, 0.3) is 0 Å². The Morgan fingerprint density at radius 1 is 0.811 bits per heavy atom. The molecule has 10 heteroatoms. The molecule has 2 aliphatic heterocycles. The maximum absolute atomic E-state index is 13.8. The molecule has 2 fully saturated rings. The Kier molecular flexibility index (Phi) is 4.99. The van der Waals surface area contributed by atoms with Crippen LogP contribution >= 0.6 is 11.6 Å². The van der Waals surface area contributed by atoms with Crippen LogP contribution in [0, 0.1) is 11.8 Å². The number of anilines is 1. The third-order valence-corrected chi connectivity index (χ3v) is 7.49. The minimum atomic E-state index is -4.84. The van der Waals surface area contributed by atoms with Gasteiger partial charge in [0.1, 0.15) is 0 Å². The fourth-order valence-corrected chi connectivity index (χ4v) is 5.81. The number of ether oxygens (including phenoxy) is 1. The molecule has 6 rings (SSSR count). The van der Waals surface area contributed by atoms with Crippen molar-refractivity contribution in [2.45, 2.75) is 17.9 Å². The number of fused-ring (bicyclic) bond motifs is 3. The van der Waals surface area contributed by atoms with Crippen molar-refractivity contribution in [3.63, 3.8) is 0 Å². The van der Waals surface area contributed by atoms with Crippen LogP contribution in [0.2, 0.25) is 5.02 Å². The van der Waals surface area contributed by atoms with E-state index in [-0.39, 0.29) is 16.8 Å². The number of amides is 2. The average Bonchev–Trinajstić information content (AvgIpc) is 3.44. The Morgan fingerprint density at radius 2 is 1.41 bits per heavy atom. The van der Waals surface area contributed by atoms with Crippen LogP contribution in [0.3, 0.4) is 0 Å². The quantitative estimate of drug-likeness (QED) is 0.345. The molecule has 1 spiro atoms. The summed E-state index contributed by atoms with van der Waals surface area (Å²) in [6.07, 6.45) is -6.01. The number of benzene rings is 3. The summed E-state index contributed by atoms with van der Waals surface area (Å²) in [5, 5.41) is -0.603. The van der Waals surface area contributed by atoms with E-state index < -0.39 is 63.7 Å². The van der Waals surface area contributed by atoms with Crippen LogP contribution in [0.1, 0.15) is 37.9 Å². The summed E-state index contributed by atoms with van der Waals surface area (Å²) >= 11 is 5.73. The zero-order chi connectivity index (χ0) is 26.3. The van der Waals surface area contributed by atoms with Crippen LogP contribution in [0.4, 0.5) is 18.9 Å². The normalized spacial score (nSPS) is 24.2. The van der Waals surface area contributed by atoms with Gasteiger partial charge in [-0.05, 0) is 23.8 Å². The predicted octanol–water partition coefficient (Wildman–Crippen LogP) is 5.05. The second-order valence-corrected chi connectivity index (χ2v) is 9.47. The van der Waals surface area contributed by atoms with E-state index >= 15 is 0 Å². The molecule has 3 aliphatic rings. The van der Waals surface area contributed by atoms with E-state index in [1.54, 1.807) is 42.5 Å². The van der Waals surface area contributed by atoms with Gasteiger partial charge in [-0.3, -0.25) is 19.2 Å². The molecule has 3 atom stereocenters. The van der Waals surface area contributed by atoms with Gasteiger partial charge < -0.3 is 4.74 Å². The monoisotopic (exact) mass is 525 g/mol. The van der Waals surface area contributed by atoms with E-state index in [0.29, 0.717) is 16.5 Å². The van der Waals surface area contributed by atoms with E-state index in [2.05, 4.69) is 0 Å². The first kappa shape index (κ1) is 23.6. The minimum absolute atomic E-state index is 0.0597. The van der Waals surface area contributed by atoms with E-state index in [4.69, 9.17) is 16.3 Å². The molecule has 186 valence electrons. The number of ketones is 2. The molecule has 0 bridgehead atoms. The maximum atomic E-state index is 13.8. The lowest BCUT2D eigenvalue weighted by molar-refractivity contribution is -0.137. The van der Waals surface area contributed by atoms with Crippen molar-refractivity contribution in [1.82, 2.24) is 0 Å². The van der Waals surface area contributed by atoms with Crippen molar-refractivity contribution < 1.29 is 37.1 Å². The van der Waals surface area contributed by atoms with Gasteiger partial charge in [0.25, 0.3) is 0 Å². The Morgan fingerprint density at radius 3 is 2.00 bits per heavy atom. The number of carbonyl (C=O) groups is 4. The van der Waals surface area contributed by atoms with Crippen molar-refractivity contribution >= 4 is 40.7 Å². The Labute approximate surface area is 212 Å². The zero-order valence-corrected chi connectivity index (χ0v) is 19.4. The largest absolute Gasteiger partial charge is 0.417 e. The summed E-state index contributed by atoms with van der Waals surface area (Å²) in [5.74, 6) is -6.25. The number of imide groups is 1. The van der Waals surface area contributed by atoms with Crippen LogP contribution in [-0.4, -0.2) is 29.0 Å². The third-order valence-electron chi connectivity index (χ3n) is 7.16. The first-order valence-corrected chi connectivity index (χ1v) is 11.6. The lowest BCUT2D eigenvalue weighted by atomic mass is 9.77. The van der Waals surface area contributed by atoms with Crippen molar-refractivity contribution in [2.75, 3.05) is 4.90 Å². The standard InChI is InChI=1S/C27H15ClF3NO5/c28-18-11-10-14(12-17(18)27(29,30)31)32-24(35)19-20(25(32)36)26(37-21(19)13-6-2-1-3-7-13)22(33)15-8-4-5-9-16(15)23(26)34/h1-12,19-21H/t19-,20-,21-/m1/s1. The van der Waals surface area contributed by atoms with Crippen molar-refractivity contribution in [3.05, 3.63) is 100 Å². The summed E-state index contributed by atoms with van der Waals surface area (Å²) in [4.78, 5) is 55.5. The number of hydrogen-bond acceptors (Lipinski definition) is 5. The Balaban J connectivity index is 1.53. The number of halogens is 4. The molecule has 0 aromatic heterocycles. The van der Waals surface area contributed by atoms with Gasteiger partial charge in [-0.1, -0.05) is 66.2 Å². The number of rotatable bonds is 2. The third kappa shape index (κ3) is 3.10. The predicted molar refractivity (Wildman–Crippen MR) is 124 cm³/mol. The summed E-state index contributed by atoms with van der Waals surface area (Å²) in [5.41, 5.74) is -3.33. The van der Waals surface area contributed by atoms with Crippen molar-refractivity contribution in [3.8, 4) is 0 Å². The average molecular weight is 526 g/mol. The van der Waals surface area contributed by atoms with Gasteiger partial charge in [0.05, 0.1) is 34.2 Å². The van der Waals surface area contributed by atoms with Crippen LogP contribution in [0.5, 0.6) is 0 Å². The van der Waals surface area contributed by atoms with E-state index in [1.807, 2.05) is 0 Å². The van der Waals surface area contributed by atoms with Gasteiger partial charge >= 0.3 is 6.18 Å². The summed E-state index contributed by atoms with van der Waals surface area (Å²) in [6, 6.07) is 17.0. The van der Waals surface area contributed by atoms with E-state index in [9.17, 15) is 32.3 Å². The Bertz CT molecular complexity index is 1480. The molecule has 0 N–H and O–H groups in total. The number of carbonyl (C=O) groups excluding carboxylic acids is 4. The minimum Gasteiger partial charge on any atom is -0.349 e. The first-order valence-electron chi connectivity index (χ1n) is 11.2. The molecule has 37 heavy (non-hydrogen) atoms. The number of hydrogen-bond donors (Lipinski definition) is 0. The lowest BCUT2D eigenvalue weighted by Gasteiger charge is -2.27. The molecule has 0 unspecified atom stereocenters. The highest BCUT2D eigenvalue weighted by atomic mass is 35.5. The van der Waals surface area contributed by atoms with Gasteiger partial charge in [0.15, 0.2) is 0 Å². The molecular weight excluding hydrogens is 511 g/mol. The molecule has 3 aromatic rings. The van der Waals surface area contributed by atoms with Gasteiger partial charge in [0, 0.05) is 11.1 Å². The molecule has 0 saturated carbocycles. The highest BCUT2D eigenvalue weighted by Gasteiger charge is 2.74. The molecule has 2 heterocycles. The highest BCUT2D eigenvalue weighted by Crippen LogP contribution is 2.57. The smallest absolute Gasteiger partial charge is 0.349 e. The molecule has 0 radical (unpaired) electrons. The van der Waals surface area contributed by atoms with Crippen LogP contribution in [-0.2, 0) is 20.5 Å². The fourth-order valence-electron chi connectivity index (χ4n) is 5.58. The molecule has 6 nitrogen and oxygen atoms in total. The number of Topliss-reactive ketones (excluding diaryl/α,β-unsaturated/α-hetero) is 2. The van der Waals surface area contributed by atoms with E-state index in [0.717, 1.165) is 12.1 Å². The van der Waals surface area contributed by atoms with Gasteiger partial charge in [-0.25, -0.2) is 4.90 Å². The van der Waals surface area contributed by atoms with Crippen LogP contribution < -0.4 is 4.90 Å². The molecular formula is C27H15ClF3NO5. The second kappa shape index (κ2) is 7.84. The van der Waals surface area contributed by atoms with Gasteiger partial charge in [0.2, 0.25) is 29.0 Å². The van der Waals surface area contributed by atoms with Crippen molar-refractivity contribution in [1.29, 1.82) is 0 Å². The zero-order valence-electron chi connectivity index (χ0n) is 18.7. The topological polar surface area (TPSA) is 80.8 Å². The van der Waals surface area contributed by atoms with Gasteiger partial charge in [-0.15, -0.1) is 0 Å². The van der Waals surface area contributed by atoms with Gasteiger partial charge in [-0.2, -0.15) is 13.2 Å². The number of alkyl halides is 3. The first-order chi connectivity index (χ1) is 17.6. The highest BCUT2D eigenvalue weighted by molar-refractivity contribution is 6.37. The van der Waals surface area contributed by atoms with E-state index in [1.165, 1.54) is 12.1 Å². The molecule has 3 aromatic carbocycles. The molecule has 2 amide bonds. The van der Waals surface area contributed by atoms with Crippen molar-refractivity contribution in [2.24, 2.45) is 11.8 Å². The molecule has 2 saturated heterocycles. The number of nitrogens with zero attached hydrogens (tertiary/aromatic N) is 1. The summed E-state index contributed by atoms with van der Waals surface area (Å²) < 4.78 is 46.7. The Hall–Kier alpha value is -3.82. The SMILES string of the molecule is O=C1[C@H]2[C@@H](c3ccccc3)OC3(C(=O)c4ccccc4C3=O)[C@H]2C(=O)N1c1ccc(Cl)c(C(F)(F)F)c1. The summed E-state index contributed by atoms with van der Waals surface area (Å²) in [7, 11) is 0.